The van der Waals surface area contributed by atoms with Gasteiger partial charge >= 0.3 is 6.01 Å². The van der Waals surface area contributed by atoms with E-state index in [1.165, 1.54) is 18.0 Å². The second-order valence-electron chi connectivity index (χ2n) is 4.40. The molecule has 2 aromatic heterocycles. The minimum atomic E-state index is -0.236. The number of rotatable bonds is 6. The molecule has 1 amide bonds. The first-order valence-corrected chi connectivity index (χ1v) is 7.67. The summed E-state index contributed by atoms with van der Waals surface area (Å²) >= 11 is 1.40. The smallest absolute Gasteiger partial charge is 0.322 e. The summed E-state index contributed by atoms with van der Waals surface area (Å²) in [6, 6.07) is 10.9. The summed E-state index contributed by atoms with van der Waals surface area (Å²) in [6.07, 6.45) is 1.50. The zero-order valence-electron chi connectivity index (χ0n) is 12.2. The Hall–Kier alpha value is -2.74. The van der Waals surface area contributed by atoms with Gasteiger partial charge in [-0.15, -0.1) is 16.9 Å². The molecule has 118 valence electrons. The largest absolute Gasteiger partial charge is 0.497 e. The molecule has 0 atom stereocenters. The van der Waals surface area contributed by atoms with Gasteiger partial charge in [-0.1, -0.05) is 5.10 Å². The zero-order valence-corrected chi connectivity index (χ0v) is 13.0. The molecule has 23 heavy (non-hydrogen) atoms. The first kappa shape index (κ1) is 15.2. The second-order valence-corrected chi connectivity index (χ2v) is 5.45. The van der Waals surface area contributed by atoms with Crippen LogP contribution in [0.1, 0.15) is 0 Å². The molecule has 0 unspecified atom stereocenters. The van der Waals surface area contributed by atoms with E-state index in [1.807, 2.05) is 24.3 Å². The predicted molar refractivity (Wildman–Crippen MR) is 84.3 cm³/mol. The van der Waals surface area contributed by atoms with Crippen LogP contribution < -0.4 is 10.1 Å². The van der Waals surface area contributed by atoms with Crippen LogP contribution in [0.4, 0.5) is 6.01 Å². The average Bonchev–Trinajstić information content (AvgIpc) is 3.24. The minimum absolute atomic E-state index is 0.0386. The van der Waals surface area contributed by atoms with E-state index in [2.05, 4.69) is 15.5 Å². The van der Waals surface area contributed by atoms with Gasteiger partial charge in [-0.25, -0.2) is 0 Å². The Bertz CT molecular complexity index is 768. The van der Waals surface area contributed by atoms with Crippen LogP contribution in [-0.2, 0) is 4.79 Å². The molecule has 3 aromatic rings. The standard InChI is InChI=1S/C15H13N3O4S/c1-20-10-4-6-11(7-5-10)23-9-13(19)16-15-18-17-14(22-15)12-3-2-8-21-12/h2-8H,9H2,1H3,(H,16,18,19). The van der Waals surface area contributed by atoms with Gasteiger partial charge in [0, 0.05) is 4.90 Å². The molecule has 0 aliphatic carbocycles. The number of furan rings is 1. The molecule has 0 fully saturated rings. The van der Waals surface area contributed by atoms with Crippen molar-refractivity contribution in [2.24, 2.45) is 0 Å². The quantitative estimate of drug-likeness (QED) is 0.694. The molecule has 0 aliphatic heterocycles. The number of nitrogens with zero attached hydrogens (tertiary/aromatic N) is 2. The molecule has 1 N–H and O–H groups in total. The van der Waals surface area contributed by atoms with Gasteiger partial charge in [0.1, 0.15) is 5.75 Å². The third-order valence-corrected chi connectivity index (χ3v) is 3.84. The number of methoxy groups -OCH3 is 1. The molecule has 0 saturated heterocycles. The fourth-order valence-electron chi connectivity index (χ4n) is 1.75. The fourth-order valence-corrected chi connectivity index (χ4v) is 2.45. The minimum Gasteiger partial charge on any atom is -0.497 e. The van der Waals surface area contributed by atoms with Gasteiger partial charge in [0.25, 0.3) is 5.89 Å². The lowest BCUT2D eigenvalue weighted by Crippen LogP contribution is -2.14. The van der Waals surface area contributed by atoms with Gasteiger partial charge in [0.2, 0.25) is 5.91 Å². The molecule has 2 heterocycles. The average molecular weight is 331 g/mol. The molecule has 0 saturated carbocycles. The van der Waals surface area contributed by atoms with E-state index in [9.17, 15) is 4.79 Å². The Balaban J connectivity index is 1.53. The van der Waals surface area contributed by atoms with Crippen molar-refractivity contribution in [2.45, 2.75) is 4.90 Å². The fraction of sp³-hybridized carbons (Fsp3) is 0.133. The Morgan fingerprint density at radius 1 is 1.26 bits per heavy atom. The number of benzene rings is 1. The summed E-state index contributed by atoms with van der Waals surface area (Å²) in [5, 5.41) is 10.1. The maximum absolute atomic E-state index is 11.9. The van der Waals surface area contributed by atoms with Crippen molar-refractivity contribution in [3.8, 4) is 17.4 Å². The van der Waals surface area contributed by atoms with Gasteiger partial charge in [-0.05, 0) is 36.4 Å². The highest BCUT2D eigenvalue weighted by Crippen LogP contribution is 2.22. The molecule has 0 radical (unpaired) electrons. The SMILES string of the molecule is COc1ccc(SCC(=O)Nc2nnc(-c3ccco3)o2)cc1. The monoisotopic (exact) mass is 331 g/mol. The van der Waals surface area contributed by atoms with E-state index in [-0.39, 0.29) is 23.6 Å². The Labute approximate surface area is 136 Å². The molecule has 8 heteroatoms. The number of amides is 1. The molecule has 0 spiro atoms. The van der Waals surface area contributed by atoms with Gasteiger partial charge in [0.05, 0.1) is 19.1 Å². The molecule has 7 nitrogen and oxygen atoms in total. The first-order chi connectivity index (χ1) is 11.2. The number of aromatic nitrogens is 2. The molecule has 1 aromatic carbocycles. The van der Waals surface area contributed by atoms with Crippen LogP contribution in [-0.4, -0.2) is 29.0 Å². The van der Waals surface area contributed by atoms with Crippen molar-refractivity contribution < 1.29 is 18.4 Å². The van der Waals surface area contributed by atoms with Gasteiger partial charge in [-0.2, -0.15) is 0 Å². The lowest BCUT2D eigenvalue weighted by Gasteiger charge is -2.03. The van der Waals surface area contributed by atoms with Crippen LogP contribution in [0, 0.1) is 0 Å². The first-order valence-electron chi connectivity index (χ1n) is 6.68. The highest BCUT2D eigenvalue weighted by atomic mass is 32.2. The lowest BCUT2D eigenvalue weighted by molar-refractivity contribution is -0.113. The second kappa shape index (κ2) is 7.01. The number of carbonyl (C=O) groups excluding carboxylic acids is 1. The van der Waals surface area contributed by atoms with E-state index < -0.39 is 0 Å². The highest BCUT2D eigenvalue weighted by Gasteiger charge is 2.13. The van der Waals surface area contributed by atoms with Crippen LogP contribution in [0.2, 0.25) is 0 Å². The third-order valence-electron chi connectivity index (χ3n) is 2.83. The van der Waals surface area contributed by atoms with Crippen molar-refractivity contribution in [1.29, 1.82) is 0 Å². The molecule has 0 aliphatic rings. The van der Waals surface area contributed by atoms with Crippen LogP contribution in [0.25, 0.3) is 11.7 Å². The number of nitrogens with one attached hydrogen (secondary N) is 1. The summed E-state index contributed by atoms with van der Waals surface area (Å²) in [6.45, 7) is 0. The lowest BCUT2D eigenvalue weighted by atomic mass is 10.3. The number of ether oxygens (including phenoxy) is 1. The van der Waals surface area contributed by atoms with Crippen LogP contribution in [0.3, 0.4) is 0 Å². The summed E-state index contributed by atoms with van der Waals surface area (Å²) in [5.74, 6) is 1.43. The number of hydrogen-bond donors (Lipinski definition) is 1. The van der Waals surface area contributed by atoms with Crippen LogP contribution in [0.15, 0.2) is 56.4 Å². The predicted octanol–water partition coefficient (Wildman–Crippen LogP) is 3.07. The Morgan fingerprint density at radius 2 is 2.09 bits per heavy atom. The summed E-state index contributed by atoms with van der Waals surface area (Å²) in [4.78, 5) is 12.9. The van der Waals surface area contributed by atoms with Crippen molar-refractivity contribution in [2.75, 3.05) is 18.2 Å². The van der Waals surface area contributed by atoms with E-state index in [1.54, 1.807) is 19.2 Å². The van der Waals surface area contributed by atoms with Crippen molar-refractivity contribution in [1.82, 2.24) is 10.2 Å². The molecule has 0 bridgehead atoms. The van der Waals surface area contributed by atoms with Crippen molar-refractivity contribution in [3.63, 3.8) is 0 Å². The maximum Gasteiger partial charge on any atom is 0.322 e. The van der Waals surface area contributed by atoms with Gasteiger partial charge in [-0.3, -0.25) is 10.1 Å². The van der Waals surface area contributed by atoms with Gasteiger partial charge < -0.3 is 13.6 Å². The van der Waals surface area contributed by atoms with E-state index in [4.69, 9.17) is 13.6 Å². The number of carbonyl (C=O) groups is 1. The Morgan fingerprint density at radius 3 is 2.78 bits per heavy atom. The van der Waals surface area contributed by atoms with E-state index in [0.717, 1.165) is 10.6 Å². The summed E-state index contributed by atoms with van der Waals surface area (Å²) < 4.78 is 15.5. The third kappa shape index (κ3) is 3.92. The number of hydrogen-bond acceptors (Lipinski definition) is 7. The summed E-state index contributed by atoms with van der Waals surface area (Å²) in [7, 11) is 1.61. The molecular weight excluding hydrogens is 318 g/mol. The van der Waals surface area contributed by atoms with Crippen LogP contribution >= 0.6 is 11.8 Å². The van der Waals surface area contributed by atoms with E-state index in [0.29, 0.717) is 5.76 Å². The van der Waals surface area contributed by atoms with Crippen molar-refractivity contribution >= 4 is 23.7 Å². The highest BCUT2D eigenvalue weighted by molar-refractivity contribution is 8.00. The number of anilines is 1. The zero-order chi connectivity index (χ0) is 16.1. The van der Waals surface area contributed by atoms with E-state index >= 15 is 0 Å². The Kier molecular flexibility index (Phi) is 4.62. The topological polar surface area (TPSA) is 90.4 Å². The molecular formula is C15H13N3O4S. The van der Waals surface area contributed by atoms with Gasteiger partial charge in [0.15, 0.2) is 5.76 Å². The molecule has 3 rings (SSSR count). The number of thioether (sulfide) groups is 1. The normalized spacial score (nSPS) is 10.5. The van der Waals surface area contributed by atoms with Crippen LogP contribution in [0.5, 0.6) is 5.75 Å². The maximum atomic E-state index is 11.9. The summed E-state index contributed by atoms with van der Waals surface area (Å²) in [5.41, 5.74) is 0. The van der Waals surface area contributed by atoms with Crippen molar-refractivity contribution in [3.05, 3.63) is 42.7 Å².